The van der Waals surface area contributed by atoms with E-state index in [9.17, 15) is 5.11 Å². The van der Waals surface area contributed by atoms with E-state index in [0.717, 1.165) is 32.2 Å². The van der Waals surface area contributed by atoms with E-state index in [0.29, 0.717) is 6.04 Å². The van der Waals surface area contributed by atoms with Gasteiger partial charge in [0, 0.05) is 17.3 Å². The van der Waals surface area contributed by atoms with Crippen LogP contribution in [0.4, 0.5) is 0 Å². The molecule has 0 radical (unpaired) electrons. The number of hydrogen-bond donors (Lipinski definition) is 2. The number of imidazole rings is 1. The molecule has 0 fully saturated rings. The van der Waals surface area contributed by atoms with Gasteiger partial charge in [0.2, 0.25) is 0 Å². The largest absolute Gasteiger partial charge is 0.394 e. The van der Waals surface area contributed by atoms with Crippen LogP contribution in [0.2, 0.25) is 0 Å². The predicted octanol–water partition coefficient (Wildman–Crippen LogP) is 2.46. The molecule has 2 rings (SSSR count). The van der Waals surface area contributed by atoms with Crippen molar-refractivity contribution in [3.8, 4) is 0 Å². The van der Waals surface area contributed by atoms with Crippen LogP contribution >= 0.6 is 0 Å². The summed E-state index contributed by atoms with van der Waals surface area (Å²) in [7, 11) is 0. The molecule has 0 bridgehead atoms. The third kappa shape index (κ3) is 3.41. The molecule has 20 heavy (non-hydrogen) atoms. The van der Waals surface area contributed by atoms with Crippen molar-refractivity contribution >= 4 is 0 Å². The normalized spacial score (nSPS) is 19.4. The van der Waals surface area contributed by atoms with E-state index in [2.05, 4.69) is 35.6 Å². The zero-order valence-electron chi connectivity index (χ0n) is 13.2. The van der Waals surface area contributed by atoms with Gasteiger partial charge in [0.05, 0.1) is 18.6 Å². The summed E-state index contributed by atoms with van der Waals surface area (Å²) in [5.74, 6) is 0. The molecule has 114 valence electrons. The van der Waals surface area contributed by atoms with E-state index < -0.39 is 0 Å². The summed E-state index contributed by atoms with van der Waals surface area (Å²) in [6.45, 7) is 7.63. The smallest absolute Gasteiger partial charge is 0.0954 e. The molecular weight excluding hydrogens is 250 g/mol. The summed E-state index contributed by atoms with van der Waals surface area (Å²) < 4.78 is 2.33. The number of nitrogens with one attached hydrogen (secondary N) is 1. The lowest BCUT2D eigenvalue weighted by Crippen LogP contribution is -2.47. The van der Waals surface area contributed by atoms with Gasteiger partial charge in [-0.2, -0.15) is 0 Å². The Kier molecular flexibility index (Phi) is 5.22. The second-order valence-corrected chi connectivity index (χ2v) is 6.45. The van der Waals surface area contributed by atoms with E-state index in [1.807, 2.05) is 6.33 Å². The van der Waals surface area contributed by atoms with Crippen molar-refractivity contribution in [2.24, 2.45) is 0 Å². The van der Waals surface area contributed by atoms with Crippen molar-refractivity contribution in [2.45, 2.75) is 70.9 Å². The van der Waals surface area contributed by atoms with Gasteiger partial charge in [0.25, 0.3) is 0 Å². The van der Waals surface area contributed by atoms with Gasteiger partial charge >= 0.3 is 0 Å². The molecule has 0 amide bonds. The fourth-order valence-corrected chi connectivity index (χ4v) is 3.24. The molecule has 2 unspecified atom stereocenters. The number of aryl methyl sites for hydroxylation is 1. The van der Waals surface area contributed by atoms with Crippen LogP contribution in [0.15, 0.2) is 6.33 Å². The zero-order valence-corrected chi connectivity index (χ0v) is 13.2. The summed E-state index contributed by atoms with van der Waals surface area (Å²) in [6.07, 6.45) is 8.83. The Hall–Kier alpha value is -0.870. The van der Waals surface area contributed by atoms with Gasteiger partial charge in [-0.1, -0.05) is 6.92 Å². The standard InChI is InChI=1S/C16H29N3O/c1-4-9-18-16(3,11-20)10-13(2)19-12-17-14-7-5-6-8-15(14)19/h12-13,18,20H,4-11H2,1-3H3. The molecule has 0 aliphatic heterocycles. The Bertz CT molecular complexity index is 429. The third-order valence-electron chi connectivity index (χ3n) is 4.43. The summed E-state index contributed by atoms with van der Waals surface area (Å²) >= 11 is 0. The second-order valence-electron chi connectivity index (χ2n) is 6.45. The highest BCUT2D eigenvalue weighted by Crippen LogP contribution is 2.27. The number of fused-ring (bicyclic) bond motifs is 1. The molecule has 1 aliphatic rings. The first kappa shape index (κ1) is 15.5. The Morgan fingerprint density at radius 1 is 1.45 bits per heavy atom. The minimum atomic E-state index is -0.207. The number of aromatic nitrogens is 2. The van der Waals surface area contributed by atoms with Crippen LogP contribution in [0.25, 0.3) is 0 Å². The Morgan fingerprint density at radius 2 is 2.20 bits per heavy atom. The van der Waals surface area contributed by atoms with Gasteiger partial charge in [-0.3, -0.25) is 0 Å². The summed E-state index contributed by atoms with van der Waals surface area (Å²) in [6, 6.07) is 0.367. The molecule has 0 spiro atoms. The quantitative estimate of drug-likeness (QED) is 0.806. The van der Waals surface area contributed by atoms with Crippen LogP contribution in [0.1, 0.15) is 63.9 Å². The van der Waals surface area contributed by atoms with Crippen molar-refractivity contribution < 1.29 is 5.11 Å². The second kappa shape index (κ2) is 6.72. The van der Waals surface area contributed by atoms with E-state index in [1.54, 1.807) is 0 Å². The van der Waals surface area contributed by atoms with Crippen molar-refractivity contribution in [1.29, 1.82) is 0 Å². The van der Waals surface area contributed by atoms with Crippen LogP contribution in [-0.4, -0.2) is 33.3 Å². The van der Waals surface area contributed by atoms with Crippen molar-refractivity contribution in [3.63, 3.8) is 0 Å². The number of aliphatic hydroxyl groups is 1. The van der Waals surface area contributed by atoms with Crippen LogP contribution in [-0.2, 0) is 12.8 Å². The van der Waals surface area contributed by atoms with Gasteiger partial charge < -0.3 is 15.0 Å². The average Bonchev–Trinajstić information content (AvgIpc) is 2.89. The number of rotatable bonds is 7. The molecule has 4 nitrogen and oxygen atoms in total. The molecule has 4 heteroatoms. The Labute approximate surface area is 122 Å². The molecule has 0 aromatic carbocycles. The Morgan fingerprint density at radius 3 is 2.90 bits per heavy atom. The molecule has 2 atom stereocenters. The van der Waals surface area contributed by atoms with Gasteiger partial charge in [-0.25, -0.2) is 4.98 Å². The Balaban J connectivity index is 2.07. The molecule has 0 saturated heterocycles. The summed E-state index contributed by atoms with van der Waals surface area (Å²) in [5.41, 5.74) is 2.50. The van der Waals surface area contributed by atoms with E-state index in [4.69, 9.17) is 0 Å². The number of hydrogen-bond acceptors (Lipinski definition) is 3. The van der Waals surface area contributed by atoms with Crippen LogP contribution < -0.4 is 5.32 Å². The van der Waals surface area contributed by atoms with Gasteiger partial charge in [0.1, 0.15) is 0 Å². The van der Waals surface area contributed by atoms with Crippen LogP contribution in [0, 0.1) is 0 Å². The lowest BCUT2D eigenvalue weighted by atomic mass is 9.93. The highest BCUT2D eigenvalue weighted by Gasteiger charge is 2.27. The predicted molar refractivity (Wildman–Crippen MR) is 82.0 cm³/mol. The highest BCUT2D eigenvalue weighted by molar-refractivity contribution is 5.17. The fraction of sp³-hybridized carbons (Fsp3) is 0.812. The van der Waals surface area contributed by atoms with E-state index in [-0.39, 0.29) is 12.1 Å². The molecular formula is C16H29N3O. The molecule has 0 saturated carbocycles. The topological polar surface area (TPSA) is 50.1 Å². The maximum atomic E-state index is 9.71. The van der Waals surface area contributed by atoms with E-state index >= 15 is 0 Å². The first-order chi connectivity index (χ1) is 9.59. The fourth-order valence-electron chi connectivity index (χ4n) is 3.24. The molecule has 1 heterocycles. The molecule has 2 N–H and O–H groups in total. The maximum absolute atomic E-state index is 9.71. The van der Waals surface area contributed by atoms with Crippen LogP contribution in [0.3, 0.4) is 0 Å². The first-order valence-electron chi connectivity index (χ1n) is 8.00. The molecule has 1 aromatic heterocycles. The van der Waals surface area contributed by atoms with Gasteiger partial charge in [-0.15, -0.1) is 0 Å². The number of aliphatic hydroxyl groups excluding tert-OH is 1. The van der Waals surface area contributed by atoms with Crippen LogP contribution in [0.5, 0.6) is 0 Å². The highest BCUT2D eigenvalue weighted by atomic mass is 16.3. The molecule has 1 aliphatic carbocycles. The van der Waals surface area contributed by atoms with Crippen molar-refractivity contribution in [2.75, 3.05) is 13.2 Å². The monoisotopic (exact) mass is 279 g/mol. The minimum absolute atomic E-state index is 0.175. The zero-order chi connectivity index (χ0) is 14.6. The van der Waals surface area contributed by atoms with E-state index in [1.165, 1.54) is 24.2 Å². The SMILES string of the molecule is CCCNC(C)(CO)CC(C)n1cnc2c1CCCC2. The van der Waals surface area contributed by atoms with Gasteiger partial charge in [0.15, 0.2) is 0 Å². The summed E-state index contributed by atoms with van der Waals surface area (Å²) in [5, 5.41) is 13.2. The average molecular weight is 279 g/mol. The third-order valence-corrected chi connectivity index (χ3v) is 4.43. The minimum Gasteiger partial charge on any atom is -0.394 e. The maximum Gasteiger partial charge on any atom is 0.0954 e. The lowest BCUT2D eigenvalue weighted by Gasteiger charge is -2.33. The first-order valence-corrected chi connectivity index (χ1v) is 8.00. The lowest BCUT2D eigenvalue weighted by molar-refractivity contribution is 0.150. The van der Waals surface area contributed by atoms with Crippen molar-refractivity contribution in [3.05, 3.63) is 17.7 Å². The van der Waals surface area contributed by atoms with Crippen molar-refractivity contribution in [1.82, 2.24) is 14.9 Å². The summed E-state index contributed by atoms with van der Waals surface area (Å²) in [4.78, 5) is 4.58. The van der Waals surface area contributed by atoms with Gasteiger partial charge in [-0.05, 0) is 58.9 Å². The number of nitrogens with zero attached hydrogens (tertiary/aromatic N) is 2. The molecule has 1 aromatic rings.